The smallest absolute Gasteiger partial charge is 0.237 e. The van der Waals surface area contributed by atoms with Crippen LogP contribution >= 0.6 is 22.9 Å². The lowest BCUT2D eigenvalue weighted by Gasteiger charge is -2.34. The SMILES string of the molecule is CC(=Cc1ccc(Cl)s1)CN1CCN(Cc2ccc3c(N)ncnc3c2)C(=O)C1. The maximum absolute atomic E-state index is 12.7. The molecule has 3 heterocycles. The van der Waals surface area contributed by atoms with E-state index in [0.29, 0.717) is 25.5 Å². The second kappa shape index (κ2) is 8.49. The van der Waals surface area contributed by atoms with Crippen molar-refractivity contribution in [3.05, 3.63) is 57.0 Å². The number of aromatic nitrogens is 2. The minimum Gasteiger partial charge on any atom is -0.383 e. The fourth-order valence-electron chi connectivity index (χ4n) is 3.55. The summed E-state index contributed by atoms with van der Waals surface area (Å²) in [6.07, 6.45) is 3.60. The Morgan fingerprint density at radius 1 is 1.28 bits per heavy atom. The zero-order chi connectivity index (χ0) is 20.4. The van der Waals surface area contributed by atoms with Crippen molar-refractivity contribution in [2.24, 2.45) is 0 Å². The number of nitrogens with zero attached hydrogens (tertiary/aromatic N) is 4. The third-order valence-corrected chi connectivity index (χ3v) is 6.14. The van der Waals surface area contributed by atoms with E-state index < -0.39 is 0 Å². The van der Waals surface area contributed by atoms with E-state index in [0.717, 1.165) is 38.8 Å². The standard InChI is InChI=1S/C21H22ClN5OS/c1-14(8-16-3-5-19(22)29-16)10-26-6-7-27(20(28)12-26)11-15-2-4-17-18(9-15)24-13-25-21(17)23/h2-5,8-9,13H,6-7,10-12H2,1H3,(H2,23,24,25). The number of nitrogens with two attached hydrogens (primary N) is 1. The summed E-state index contributed by atoms with van der Waals surface area (Å²) < 4.78 is 0.788. The molecule has 0 unspecified atom stereocenters. The molecule has 29 heavy (non-hydrogen) atoms. The normalized spacial score (nSPS) is 16.0. The number of rotatable bonds is 5. The molecule has 2 N–H and O–H groups in total. The molecule has 0 aliphatic carbocycles. The van der Waals surface area contributed by atoms with Gasteiger partial charge in [-0.3, -0.25) is 9.69 Å². The average molecular weight is 428 g/mol. The van der Waals surface area contributed by atoms with E-state index >= 15 is 0 Å². The number of piperazine rings is 1. The van der Waals surface area contributed by atoms with E-state index in [1.807, 2.05) is 35.2 Å². The number of halogens is 1. The zero-order valence-electron chi connectivity index (χ0n) is 16.1. The largest absolute Gasteiger partial charge is 0.383 e. The predicted molar refractivity (Wildman–Crippen MR) is 119 cm³/mol. The predicted octanol–water partition coefficient (Wildman–Crippen LogP) is 3.67. The van der Waals surface area contributed by atoms with Crippen LogP contribution in [-0.4, -0.2) is 51.9 Å². The van der Waals surface area contributed by atoms with E-state index in [9.17, 15) is 4.79 Å². The highest BCUT2D eigenvalue weighted by molar-refractivity contribution is 7.17. The lowest BCUT2D eigenvalue weighted by atomic mass is 10.1. The van der Waals surface area contributed by atoms with E-state index in [1.165, 1.54) is 11.9 Å². The zero-order valence-corrected chi connectivity index (χ0v) is 17.7. The lowest BCUT2D eigenvalue weighted by molar-refractivity contribution is -0.136. The second-order valence-corrected chi connectivity index (χ2v) is 9.02. The average Bonchev–Trinajstić information content (AvgIpc) is 3.08. The van der Waals surface area contributed by atoms with Crippen LogP contribution in [0.2, 0.25) is 4.34 Å². The molecule has 1 aliphatic rings. The summed E-state index contributed by atoms with van der Waals surface area (Å²) in [6, 6.07) is 9.81. The highest BCUT2D eigenvalue weighted by atomic mass is 35.5. The van der Waals surface area contributed by atoms with E-state index in [1.54, 1.807) is 11.3 Å². The third-order valence-electron chi connectivity index (χ3n) is 4.96. The Morgan fingerprint density at radius 2 is 2.14 bits per heavy atom. The molecule has 0 radical (unpaired) electrons. The number of thiophene rings is 1. The van der Waals surface area contributed by atoms with Gasteiger partial charge in [0, 0.05) is 36.4 Å². The van der Waals surface area contributed by atoms with Crippen molar-refractivity contribution in [2.75, 3.05) is 31.9 Å². The topological polar surface area (TPSA) is 75.3 Å². The molecular formula is C21H22ClN5OS. The number of anilines is 1. The molecule has 0 bridgehead atoms. The van der Waals surface area contributed by atoms with Crippen LogP contribution in [0.3, 0.4) is 0 Å². The Kier molecular flexibility index (Phi) is 5.80. The Morgan fingerprint density at radius 3 is 2.90 bits per heavy atom. The van der Waals surface area contributed by atoms with Crippen molar-refractivity contribution in [1.29, 1.82) is 0 Å². The number of nitrogen functional groups attached to an aromatic ring is 1. The van der Waals surface area contributed by atoms with Gasteiger partial charge in [0.1, 0.15) is 12.1 Å². The molecule has 3 aromatic rings. The highest BCUT2D eigenvalue weighted by Crippen LogP contribution is 2.24. The van der Waals surface area contributed by atoms with Crippen LogP contribution in [0.5, 0.6) is 0 Å². The summed E-state index contributed by atoms with van der Waals surface area (Å²) in [5.74, 6) is 0.616. The number of hydrogen-bond acceptors (Lipinski definition) is 6. The lowest BCUT2D eigenvalue weighted by Crippen LogP contribution is -2.50. The van der Waals surface area contributed by atoms with Gasteiger partial charge >= 0.3 is 0 Å². The van der Waals surface area contributed by atoms with Crippen LogP contribution < -0.4 is 5.73 Å². The van der Waals surface area contributed by atoms with Crippen LogP contribution in [0.1, 0.15) is 17.4 Å². The molecule has 0 atom stereocenters. The van der Waals surface area contributed by atoms with Crippen molar-refractivity contribution >= 4 is 51.6 Å². The molecule has 1 amide bonds. The van der Waals surface area contributed by atoms with Crippen LogP contribution in [0, 0.1) is 0 Å². The molecule has 1 fully saturated rings. The van der Waals surface area contributed by atoms with Gasteiger partial charge in [-0.2, -0.15) is 0 Å². The summed E-state index contributed by atoms with van der Waals surface area (Å²) in [6.45, 7) is 5.44. The number of amides is 1. The molecule has 4 rings (SSSR count). The maximum atomic E-state index is 12.7. The summed E-state index contributed by atoms with van der Waals surface area (Å²) in [4.78, 5) is 26.2. The minimum absolute atomic E-state index is 0.144. The molecule has 1 saturated heterocycles. The number of benzene rings is 1. The second-order valence-electron chi connectivity index (χ2n) is 7.27. The first-order chi connectivity index (χ1) is 14.0. The molecule has 2 aromatic heterocycles. The Hall–Kier alpha value is -2.48. The summed E-state index contributed by atoms with van der Waals surface area (Å²) >= 11 is 7.55. The first kappa shape index (κ1) is 19.8. The Bertz CT molecular complexity index is 1080. The van der Waals surface area contributed by atoms with Crippen LogP contribution in [0.15, 0.2) is 42.2 Å². The first-order valence-electron chi connectivity index (χ1n) is 9.40. The van der Waals surface area contributed by atoms with Gasteiger partial charge < -0.3 is 10.6 Å². The van der Waals surface area contributed by atoms with E-state index in [2.05, 4.69) is 27.9 Å². The van der Waals surface area contributed by atoms with Gasteiger partial charge in [0.05, 0.1) is 16.4 Å². The van der Waals surface area contributed by atoms with Gasteiger partial charge in [0.15, 0.2) is 0 Å². The molecule has 1 aliphatic heterocycles. The summed E-state index contributed by atoms with van der Waals surface area (Å²) in [5.41, 5.74) is 8.95. The van der Waals surface area contributed by atoms with Crippen molar-refractivity contribution in [1.82, 2.24) is 19.8 Å². The quantitative estimate of drug-likeness (QED) is 0.672. The molecule has 6 nitrogen and oxygen atoms in total. The van der Waals surface area contributed by atoms with Crippen molar-refractivity contribution in [3.63, 3.8) is 0 Å². The fraction of sp³-hybridized carbons (Fsp3) is 0.286. The van der Waals surface area contributed by atoms with Gasteiger partial charge in [-0.15, -0.1) is 11.3 Å². The van der Waals surface area contributed by atoms with E-state index in [4.69, 9.17) is 17.3 Å². The minimum atomic E-state index is 0.144. The van der Waals surface area contributed by atoms with Crippen LogP contribution in [-0.2, 0) is 11.3 Å². The number of fused-ring (bicyclic) bond motifs is 1. The van der Waals surface area contributed by atoms with Gasteiger partial charge in [0.25, 0.3) is 0 Å². The number of hydrogen-bond donors (Lipinski definition) is 1. The maximum Gasteiger partial charge on any atom is 0.237 e. The molecule has 150 valence electrons. The van der Waals surface area contributed by atoms with Crippen molar-refractivity contribution in [2.45, 2.75) is 13.5 Å². The fourth-order valence-corrected chi connectivity index (χ4v) is 4.64. The van der Waals surface area contributed by atoms with Gasteiger partial charge in [-0.25, -0.2) is 9.97 Å². The monoisotopic (exact) mass is 427 g/mol. The van der Waals surface area contributed by atoms with Crippen LogP contribution in [0.25, 0.3) is 17.0 Å². The van der Waals surface area contributed by atoms with Crippen molar-refractivity contribution in [3.8, 4) is 0 Å². The van der Waals surface area contributed by atoms with Crippen molar-refractivity contribution < 1.29 is 4.79 Å². The first-order valence-corrected chi connectivity index (χ1v) is 10.6. The molecule has 0 saturated carbocycles. The Balaban J connectivity index is 1.37. The van der Waals surface area contributed by atoms with Crippen LogP contribution in [0.4, 0.5) is 5.82 Å². The molecule has 8 heteroatoms. The third kappa shape index (κ3) is 4.75. The summed E-state index contributed by atoms with van der Waals surface area (Å²) in [7, 11) is 0. The van der Waals surface area contributed by atoms with Gasteiger partial charge in [-0.1, -0.05) is 23.2 Å². The van der Waals surface area contributed by atoms with Gasteiger partial charge in [0.2, 0.25) is 5.91 Å². The molecular weight excluding hydrogens is 406 g/mol. The van der Waals surface area contributed by atoms with E-state index in [-0.39, 0.29) is 5.91 Å². The number of carbonyl (C=O) groups excluding carboxylic acids is 1. The molecule has 0 spiro atoms. The van der Waals surface area contributed by atoms with Gasteiger partial charge in [-0.05, 0) is 42.8 Å². The highest BCUT2D eigenvalue weighted by Gasteiger charge is 2.24. The number of carbonyl (C=O) groups is 1. The Labute approximate surface area is 178 Å². The summed E-state index contributed by atoms with van der Waals surface area (Å²) in [5, 5.41) is 0.835. The molecule has 1 aromatic carbocycles.